The van der Waals surface area contributed by atoms with Gasteiger partial charge >= 0.3 is 19.5 Å². The number of rotatable bonds is 12. The minimum Gasteiger partial charge on any atom is -0.756 e. The van der Waals surface area contributed by atoms with Crippen LogP contribution >= 0.6 is 7.82 Å². The van der Waals surface area contributed by atoms with Crippen molar-refractivity contribution < 1.29 is 38.0 Å². The van der Waals surface area contributed by atoms with Gasteiger partial charge in [-0.2, -0.15) is 0 Å². The van der Waals surface area contributed by atoms with E-state index in [0.29, 0.717) is 0 Å². The quantitative estimate of drug-likeness (QED) is 0.311. The van der Waals surface area contributed by atoms with Crippen molar-refractivity contribution in [3.63, 3.8) is 0 Å². The maximum absolute atomic E-state index is 11.3. The van der Waals surface area contributed by atoms with Crippen LogP contribution in [-0.4, -0.2) is 13.2 Å². The molecule has 0 aromatic heterocycles. The van der Waals surface area contributed by atoms with Crippen molar-refractivity contribution in [2.24, 2.45) is 0 Å². The van der Waals surface area contributed by atoms with Gasteiger partial charge in [0.25, 0.3) is 7.82 Å². The molecule has 0 saturated heterocycles. The molecular formula is C12H26O4PZn+. The molecule has 0 aliphatic rings. The molecule has 0 bridgehead atoms. The van der Waals surface area contributed by atoms with Crippen molar-refractivity contribution in [2.45, 2.75) is 65.2 Å². The first-order valence-corrected chi connectivity index (χ1v) is 8.18. The van der Waals surface area contributed by atoms with E-state index in [4.69, 9.17) is 9.05 Å². The van der Waals surface area contributed by atoms with Crippen molar-refractivity contribution in [2.75, 3.05) is 13.2 Å². The Labute approximate surface area is 124 Å². The van der Waals surface area contributed by atoms with Gasteiger partial charge in [0, 0.05) is 0 Å². The van der Waals surface area contributed by atoms with E-state index in [1.165, 1.54) is 0 Å². The fourth-order valence-electron chi connectivity index (χ4n) is 1.45. The van der Waals surface area contributed by atoms with E-state index in [1.807, 2.05) is 0 Å². The summed E-state index contributed by atoms with van der Waals surface area (Å²) in [6, 6.07) is 0. The first-order chi connectivity index (χ1) is 8.12. The fourth-order valence-corrected chi connectivity index (χ4v) is 2.23. The Morgan fingerprint density at radius 2 is 1.22 bits per heavy atom. The Kier molecular flexibility index (Phi) is 16.5. The normalized spacial score (nSPS) is 11.3. The largest absolute Gasteiger partial charge is 2.00 e. The molecule has 0 unspecified atom stereocenters. The molecule has 4 nitrogen and oxygen atoms in total. The molecular weight excluding hydrogens is 304 g/mol. The third kappa shape index (κ3) is 14.8. The summed E-state index contributed by atoms with van der Waals surface area (Å²) in [6.07, 6.45) is 8.05. The Morgan fingerprint density at radius 3 is 1.56 bits per heavy atom. The first-order valence-electron chi connectivity index (χ1n) is 6.72. The average Bonchev–Trinajstić information content (AvgIpc) is 2.28. The summed E-state index contributed by atoms with van der Waals surface area (Å²) in [5.74, 6) is 0. The molecule has 0 spiro atoms. The second-order valence-corrected chi connectivity index (χ2v) is 5.65. The van der Waals surface area contributed by atoms with Crippen LogP contribution in [0.5, 0.6) is 0 Å². The van der Waals surface area contributed by atoms with Crippen LogP contribution in [0.25, 0.3) is 0 Å². The summed E-state index contributed by atoms with van der Waals surface area (Å²) < 4.78 is 20.8. The predicted molar refractivity (Wildman–Crippen MR) is 67.8 cm³/mol. The van der Waals surface area contributed by atoms with Crippen molar-refractivity contribution in [1.29, 1.82) is 0 Å². The summed E-state index contributed by atoms with van der Waals surface area (Å²) in [5.41, 5.74) is 0. The zero-order valence-corrected chi connectivity index (χ0v) is 15.7. The van der Waals surface area contributed by atoms with E-state index < -0.39 is 7.82 Å². The standard InChI is InChI=1S/C12H27O4P.Zn/c1-3-5-7-9-11-15-17(13,14)16-12-10-8-6-4-2;/h3-12H2,1-2H3,(H,13,14);/q;+2/p-1. The van der Waals surface area contributed by atoms with E-state index in [-0.39, 0.29) is 32.7 Å². The molecule has 18 heavy (non-hydrogen) atoms. The summed E-state index contributed by atoms with van der Waals surface area (Å²) in [4.78, 5) is 11.3. The van der Waals surface area contributed by atoms with E-state index in [1.54, 1.807) is 0 Å². The number of unbranched alkanes of at least 4 members (excludes halogenated alkanes) is 6. The molecule has 0 atom stereocenters. The van der Waals surface area contributed by atoms with Crippen LogP contribution in [0.1, 0.15) is 65.2 Å². The SMILES string of the molecule is CCCCCCOP(=O)([O-])OCCCCCC.[Zn+2]. The Morgan fingerprint density at radius 1 is 0.833 bits per heavy atom. The van der Waals surface area contributed by atoms with Gasteiger partial charge in [-0.3, -0.25) is 4.57 Å². The third-order valence-corrected chi connectivity index (χ3v) is 3.49. The summed E-state index contributed by atoms with van der Waals surface area (Å²) in [7, 11) is -4.04. The number of hydrogen-bond acceptors (Lipinski definition) is 4. The molecule has 0 aromatic carbocycles. The predicted octanol–water partition coefficient (Wildman–Crippen LogP) is 3.65. The van der Waals surface area contributed by atoms with Crippen LogP contribution in [0.3, 0.4) is 0 Å². The Bertz CT molecular complexity index is 196. The van der Waals surface area contributed by atoms with E-state index in [0.717, 1.165) is 51.4 Å². The zero-order chi connectivity index (χ0) is 13.0. The van der Waals surface area contributed by atoms with Crippen LogP contribution < -0.4 is 4.89 Å². The molecule has 0 fully saturated rings. The summed E-state index contributed by atoms with van der Waals surface area (Å²) in [6.45, 7) is 4.71. The van der Waals surface area contributed by atoms with Gasteiger partial charge in [-0.05, 0) is 12.8 Å². The molecule has 0 aliphatic carbocycles. The van der Waals surface area contributed by atoms with Crippen LogP contribution in [-0.2, 0) is 33.1 Å². The minimum atomic E-state index is -4.04. The van der Waals surface area contributed by atoms with E-state index >= 15 is 0 Å². The topological polar surface area (TPSA) is 58.6 Å². The smallest absolute Gasteiger partial charge is 0.756 e. The van der Waals surface area contributed by atoms with E-state index in [2.05, 4.69) is 13.8 Å². The maximum Gasteiger partial charge on any atom is 2.00 e. The molecule has 0 aliphatic heterocycles. The first kappa shape index (κ1) is 21.0. The van der Waals surface area contributed by atoms with Crippen molar-refractivity contribution >= 4 is 7.82 Å². The van der Waals surface area contributed by atoms with Crippen molar-refractivity contribution in [3.05, 3.63) is 0 Å². The van der Waals surface area contributed by atoms with Gasteiger partial charge in [0.1, 0.15) is 0 Å². The van der Waals surface area contributed by atoms with Crippen molar-refractivity contribution in [3.8, 4) is 0 Å². The van der Waals surface area contributed by atoms with E-state index in [9.17, 15) is 9.46 Å². The number of phosphoric acid groups is 1. The summed E-state index contributed by atoms with van der Waals surface area (Å²) >= 11 is 0. The van der Waals surface area contributed by atoms with Gasteiger partial charge in [-0.15, -0.1) is 0 Å². The Balaban J connectivity index is 0. The fraction of sp³-hybridized carbons (Fsp3) is 1.00. The third-order valence-electron chi connectivity index (χ3n) is 2.49. The molecule has 0 heterocycles. The van der Waals surface area contributed by atoms with Crippen LogP contribution in [0.2, 0.25) is 0 Å². The molecule has 6 heteroatoms. The maximum atomic E-state index is 11.3. The molecule has 0 N–H and O–H groups in total. The molecule has 0 amide bonds. The van der Waals surface area contributed by atoms with Gasteiger partial charge in [0.2, 0.25) is 0 Å². The zero-order valence-electron chi connectivity index (χ0n) is 11.9. The van der Waals surface area contributed by atoms with Crippen LogP contribution in [0.15, 0.2) is 0 Å². The molecule has 0 radical (unpaired) electrons. The van der Waals surface area contributed by atoms with Crippen LogP contribution in [0, 0.1) is 0 Å². The molecule has 0 rings (SSSR count). The van der Waals surface area contributed by atoms with Gasteiger partial charge in [-0.1, -0.05) is 52.4 Å². The van der Waals surface area contributed by atoms with Crippen molar-refractivity contribution in [1.82, 2.24) is 0 Å². The number of phosphoric ester groups is 1. The molecule has 104 valence electrons. The summed E-state index contributed by atoms with van der Waals surface area (Å²) in [5, 5.41) is 0. The van der Waals surface area contributed by atoms with Gasteiger partial charge in [0.05, 0.1) is 13.2 Å². The average molecular weight is 331 g/mol. The molecule has 0 saturated carbocycles. The second kappa shape index (κ2) is 14.1. The second-order valence-electron chi connectivity index (χ2n) is 4.23. The Hall–Kier alpha value is 0.733. The van der Waals surface area contributed by atoms with Gasteiger partial charge in [-0.25, -0.2) is 0 Å². The molecule has 0 aromatic rings. The van der Waals surface area contributed by atoms with Crippen LogP contribution in [0.4, 0.5) is 0 Å². The van der Waals surface area contributed by atoms with Gasteiger partial charge in [0.15, 0.2) is 0 Å². The monoisotopic (exact) mass is 329 g/mol. The van der Waals surface area contributed by atoms with Gasteiger partial charge < -0.3 is 13.9 Å². The minimum absolute atomic E-state index is 0. The number of hydrogen-bond donors (Lipinski definition) is 0.